The lowest BCUT2D eigenvalue weighted by Crippen LogP contribution is -2.34. The molecule has 12 heavy (non-hydrogen) atoms. The highest BCUT2D eigenvalue weighted by Gasteiger charge is 2.69. The molecule has 1 fully saturated rings. The monoisotopic (exact) mass is 210 g/mol. The Balaban J connectivity index is 3.21. The Morgan fingerprint density at radius 1 is 1.08 bits per heavy atom. The molecule has 0 amide bonds. The van der Waals surface area contributed by atoms with Gasteiger partial charge in [0.15, 0.2) is 0 Å². The molecule has 1 aliphatic rings. The predicted octanol–water partition coefficient (Wildman–Crippen LogP) is 0.979. The van der Waals surface area contributed by atoms with Crippen LogP contribution >= 0.6 is 0 Å². The van der Waals surface area contributed by atoms with Crippen molar-refractivity contribution in [1.82, 2.24) is 0 Å². The van der Waals surface area contributed by atoms with Crippen molar-refractivity contribution < 1.29 is 30.4 Å². The molecule has 72 valence electrons. The third-order valence-electron chi connectivity index (χ3n) is 1.50. The fourth-order valence-electron chi connectivity index (χ4n) is 0.800. The standard InChI is InChI=1S/C4H3F5O2S/c5-1-2(6)12(10,11)3(7)4(1,8)9/h1-3H. The Morgan fingerprint density at radius 3 is 1.58 bits per heavy atom. The Hall–Kier alpha value is -0.400. The van der Waals surface area contributed by atoms with Crippen molar-refractivity contribution in [3.05, 3.63) is 0 Å². The molecule has 0 aromatic heterocycles. The third-order valence-corrected chi connectivity index (χ3v) is 3.26. The molecular weight excluding hydrogens is 207 g/mol. The van der Waals surface area contributed by atoms with E-state index in [2.05, 4.69) is 0 Å². The van der Waals surface area contributed by atoms with Crippen molar-refractivity contribution in [1.29, 1.82) is 0 Å². The lowest BCUT2D eigenvalue weighted by Gasteiger charge is -2.10. The summed E-state index contributed by atoms with van der Waals surface area (Å²) in [4.78, 5) is 0. The first-order valence-electron chi connectivity index (χ1n) is 2.75. The summed E-state index contributed by atoms with van der Waals surface area (Å²) in [5.74, 6) is -4.78. The Kier molecular flexibility index (Phi) is 1.86. The molecule has 1 rings (SSSR count). The first kappa shape index (κ1) is 9.69. The van der Waals surface area contributed by atoms with Gasteiger partial charge in [-0.15, -0.1) is 0 Å². The highest BCUT2D eigenvalue weighted by Crippen LogP contribution is 2.43. The van der Waals surface area contributed by atoms with Crippen molar-refractivity contribution in [3.63, 3.8) is 0 Å². The molecule has 0 aromatic carbocycles. The SMILES string of the molecule is O=S1(=O)C(F)C(F)C(F)(F)C1F. The van der Waals surface area contributed by atoms with Crippen molar-refractivity contribution >= 4 is 9.84 Å². The number of hydrogen-bond acceptors (Lipinski definition) is 2. The van der Waals surface area contributed by atoms with Crippen LogP contribution in [0, 0.1) is 0 Å². The number of rotatable bonds is 0. The van der Waals surface area contributed by atoms with Crippen LogP contribution in [-0.4, -0.2) is 31.5 Å². The van der Waals surface area contributed by atoms with Crippen LogP contribution in [0.5, 0.6) is 0 Å². The van der Waals surface area contributed by atoms with Crippen molar-refractivity contribution in [2.24, 2.45) is 0 Å². The van der Waals surface area contributed by atoms with Gasteiger partial charge < -0.3 is 0 Å². The van der Waals surface area contributed by atoms with E-state index in [4.69, 9.17) is 0 Å². The van der Waals surface area contributed by atoms with Gasteiger partial charge in [-0.2, -0.15) is 8.78 Å². The lowest BCUT2D eigenvalue weighted by atomic mass is 10.2. The highest BCUT2D eigenvalue weighted by atomic mass is 32.2. The molecule has 1 heterocycles. The van der Waals surface area contributed by atoms with Gasteiger partial charge in [-0.1, -0.05) is 0 Å². The predicted molar refractivity (Wildman–Crippen MR) is 28.6 cm³/mol. The summed E-state index contributed by atoms with van der Waals surface area (Å²) >= 11 is 0. The van der Waals surface area contributed by atoms with Gasteiger partial charge in [0.1, 0.15) is 0 Å². The van der Waals surface area contributed by atoms with Crippen molar-refractivity contribution in [3.8, 4) is 0 Å². The van der Waals surface area contributed by atoms with Crippen LogP contribution < -0.4 is 0 Å². The van der Waals surface area contributed by atoms with Crippen molar-refractivity contribution in [2.75, 3.05) is 0 Å². The van der Waals surface area contributed by atoms with E-state index in [-0.39, 0.29) is 0 Å². The van der Waals surface area contributed by atoms with Crippen LogP contribution in [0.25, 0.3) is 0 Å². The first-order chi connectivity index (χ1) is 5.22. The second kappa shape index (κ2) is 2.30. The molecule has 8 heteroatoms. The van der Waals surface area contributed by atoms with Crippen LogP contribution in [0.1, 0.15) is 0 Å². The Morgan fingerprint density at radius 2 is 1.50 bits per heavy atom. The van der Waals surface area contributed by atoms with Gasteiger partial charge in [0, 0.05) is 0 Å². The van der Waals surface area contributed by atoms with E-state index in [1.165, 1.54) is 0 Å². The summed E-state index contributed by atoms with van der Waals surface area (Å²) in [6.07, 6.45) is -3.61. The molecule has 3 atom stereocenters. The number of sulfone groups is 1. The molecule has 1 saturated heterocycles. The summed E-state index contributed by atoms with van der Waals surface area (Å²) in [6, 6.07) is 0. The maximum atomic E-state index is 12.2. The molecule has 3 unspecified atom stereocenters. The van der Waals surface area contributed by atoms with E-state index < -0.39 is 32.9 Å². The van der Waals surface area contributed by atoms with Gasteiger partial charge in [0.05, 0.1) is 0 Å². The van der Waals surface area contributed by atoms with E-state index in [0.29, 0.717) is 0 Å². The summed E-state index contributed by atoms with van der Waals surface area (Å²) in [6.45, 7) is 0. The van der Waals surface area contributed by atoms with Crippen LogP contribution in [-0.2, 0) is 9.84 Å². The van der Waals surface area contributed by atoms with Gasteiger partial charge in [0.2, 0.25) is 21.5 Å². The Labute approximate surface area is 64.3 Å². The van der Waals surface area contributed by atoms with E-state index in [1.807, 2.05) is 0 Å². The molecule has 0 aliphatic carbocycles. The van der Waals surface area contributed by atoms with Gasteiger partial charge in [-0.25, -0.2) is 21.6 Å². The van der Waals surface area contributed by atoms with E-state index in [1.54, 1.807) is 0 Å². The minimum Gasteiger partial charge on any atom is -0.236 e. The zero-order valence-electron chi connectivity index (χ0n) is 5.35. The molecule has 2 nitrogen and oxygen atoms in total. The minimum absolute atomic E-state index is 3.47. The largest absolute Gasteiger partial charge is 0.327 e. The average molecular weight is 210 g/mol. The quantitative estimate of drug-likeness (QED) is 0.558. The van der Waals surface area contributed by atoms with E-state index in [9.17, 15) is 30.4 Å². The highest BCUT2D eigenvalue weighted by molar-refractivity contribution is 7.92. The van der Waals surface area contributed by atoms with Crippen LogP contribution in [0.2, 0.25) is 0 Å². The topological polar surface area (TPSA) is 34.1 Å². The second-order valence-electron chi connectivity index (χ2n) is 2.33. The Bertz CT molecular complexity index is 286. The van der Waals surface area contributed by atoms with E-state index >= 15 is 0 Å². The van der Waals surface area contributed by atoms with Crippen molar-refractivity contribution in [2.45, 2.75) is 23.1 Å². The number of halogens is 5. The fraction of sp³-hybridized carbons (Fsp3) is 1.00. The van der Waals surface area contributed by atoms with Crippen LogP contribution in [0.4, 0.5) is 22.0 Å². The summed E-state index contributed by atoms with van der Waals surface area (Å²) in [5, 5.41) is 0. The van der Waals surface area contributed by atoms with Crippen LogP contribution in [0.15, 0.2) is 0 Å². The maximum absolute atomic E-state index is 12.2. The summed E-state index contributed by atoms with van der Waals surface area (Å²) in [7, 11) is -5.32. The molecule has 0 spiro atoms. The normalized spacial score (nSPS) is 44.6. The second-order valence-corrected chi connectivity index (χ2v) is 4.37. The maximum Gasteiger partial charge on any atom is 0.327 e. The molecular formula is C4H3F5O2S. The molecule has 0 saturated carbocycles. The average Bonchev–Trinajstić information content (AvgIpc) is 2.06. The number of hydrogen-bond donors (Lipinski definition) is 0. The molecule has 0 N–H and O–H groups in total. The summed E-state index contributed by atoms with van der Waals surface area (Å²) < 4.78 is 81.1. The summed E-state index contributed by atoms with van der Waals surface area (Å²) in [5.41, 5.74) is -7.25. The minimum atomic E-state index is -5.32. The zero-order chi connectivity index (χ0) is 9.73. The zero-order valence-corrected chi connectivity index (χ0v) is 6.16. The van der Waals surface area contributed by atoms with Gasteiger partial charge in [-0.3, -0.25) is 0 Å². The van der Waals surface area contributed by atoms with Crippen LogP contribution in [0.3, 0.4) is 0 Å². The first-order valence-corrected chi connectivity index (χ1v) is 4.36. The van der Waals surface area contributed by atoms with Gasteiger partial charge in [0.25, 0.3) is 5.50 Å². The lowest BCUT2D eigenvalue weighted by molar-refractivity contribution is -0.0973. The van der Waals surface area contributed by atoms with E-state index in [0.717, 1.165) is 0 Å². The van der Waals surface area contributed by atoms with Gasteiger partial charge >= 0.3 is 5.92 Å². The molecule has 0 aromatic rings. The third kappa shape index (κ3) is 0.932. The van der Waals surface area contributed by atoms with Gasteiger partial charge in [-0.05, 0) is 0 Å². The molecule has 0 bridgehead atoms. The fourth-order valence-corrected chi connectivity index (χ4v) is 2.11. The number of alkyl halides is 5. The smallest absolute Gasteiger partial charge is 0.236 e. The molecule has 0 radical (unpaired) electrons. The molecule has 1 aliphatic heterocycles.